The van der Waals surface area contributed by atoms with E-state index in [4.69, 9.17) is 0 Å². The van der Waals surface area contributed by atoms with Gasteiger partial charge in [-0.2, -0.15) is 0 Å². The summed E-state index contributed by atoms with van der Waals surface area (Å²) in [5.74, 6) is -0.196. The third kappa shape index (κ3) is 6.03. The van der Waals surface area contributed by atoms with Gasteiger partial charge in [0, 0.05) is 25.1 Å². The van der Waals surface area contributed by atoms with Gasteiger partial charge in [-0.1, -0.05) is 31.5 Å². The molecule has 98 valence electrons. The van der Waals surface area contributed by atoms with Crippen molar-refractivity contribution in [3.8, 4) is 0 Å². The fourth-order valence-corrected chi connectivity index (χ4v) is 1.47. The summed E-state index contributed by atoms with van der Waals surface area (Å²) >= 11 is 0. The van der Waals surface area contributed by atoms with E-state index in [-0.39, 0.29) is 24.7 Å². The van der Waals surface area contributed by atoms with Gasteiger partial charge in [-0.15, -0.1) is 0 Å². The van der Waals surface area contributed by atoms with Gasteiger partial charge >= 0.3 is 0 Å². The summed E-state index contributed by atoms with van der Waals surface area (Å²) in [6.45, 7) is 2.76. The standard InChI is InChI=1S/C14H20N2O2/c1-2-3-11-15-13(17)9-10-14(18)16-12-7-5-4-6-8-12/h4-8H,2-3,9-11H2,1H3,(H,15,17)(H,16,18). The van der Waals surface area contributed by atoms with Crippen LogP contribution in [0, 0.1) is 0 Å². The maximum absolute atomic E-state index is 11.6. The normalized spacial score (nSPS) is 9.83. The van der Waals surface area contributed by atoms with Crippen molar-refractivity contribution < 1.29 is 9.59 Å². The first-order valence-electron chi connectivity index (χ1n) is 6.34. The highest BCUT2D eigenvalue weighted by atomic mass is 16.2. The molecule has 1 aromatic rings. The third-order valence-corrected chi connectivity index (χ3v) is 2.49. The van der Waals surface area contributed by atoms with E-state index in [0.29, 0.717) is 6.54 Å². The van der Waals surface area contributed by atoms with Crippen LogP contribution >= 0.6 is 0 Å². The Morgan fingerprint density at radius 1 is 1.06 bits per heavy atom. The second-order valence-electron chi connectivity index (χ2n) is 4.12. The Morgan fingerprint density at radius 2 is 1.72 bits per heavy atom. The molecular formula is C14H20N2O2. The van der Waals surface area contributed by atoms with Crippen molar-refractivity contribution in [1.29, 1.82) is 0 Å². The fraction of sp³-hybridized carbons (Fsp3) is 0.429. The van der Waals surface area contributed by atoms with Crippen LogP contribution in [-0.2, 0) is 9.59 Å². The average Bonchev–Trinajstić information content (AvgIpc) is 2.38. The highest BCUT2D eigenvalue weighted by Crippen LogP contribution is 2.05. The second kappa shape index (κ2) is 8.28. The summed E-state index contributed by atoms with van der Waals surface area (Å²) in [7, 11) is 0. The number of unbranched alkanes of at least 4 members (excludes halogenated alkanes) is 1. The minimum Gasteiger partial charge on any atom is -0.356 e. The Balaban J connectivity index is 2.19. The van der Waals surface area contributed by atoms with Crippen LogP contribution in [0.25, 0.3) is 0 Å². The predicted molar refractivity (Wildman–Crippen MR) is 72.2 cm³/mol. The Bertz CT molecular complexity index is 377. The van der Waals surface area contributed by atoms with E-state index in [9.17, 15) is 9.59 Å². The first kappa shape index (κ1) is 14.2. The zero-order chi connectivity index (χ0) is 13.2. The molecule has 0 saturated heterocycles. The van der Waals surface area contributed by atoms with Crippen molar-refractivity contribution in [1.82, 2.24) is 5.32 Å². The Labute approximate surface area is 108 Å². The summed E-state index contributed by atoms with van der Waals surface area (Å²) in [5, 5.41) is 5.53. The summed E-state index contributed by atoms with van der Waals surface area (Å²) < 4.78 is 0. The van der Waals surface area contributed by atoms with Crippen LogP contribution in [0.4, 0.5) is 5.69 Å². The number of rotatable bonds is 7. The lowest BCUT2D eigenvalue weighted by molar-refractivity contribution is -0.124. The average molecular weight is 248 g/mol. The van der Waals surface area contributed by atoms with Gasteiger partial charge in [0.15, 0.2) is 0 Å². The lowest BCUT2D eigenvalue weighted by atomic mass is 10.2. The molecule has 0 unspecified atom stereocenters. The molecule has 4 nitrogen and oxygen atoms in total. The first-order chi connectivity index (χ1) is 8.72. The quantitative estimate of drug-likeness (QED) is 0.727. The molecule has 0 aliphatic carbocycles. The first-order valence-corrected chi connectivity index (χ1v) is 6.34. The van der Waals surface area contributed by atoms with Crippen LogP contribution in [-0.4, -0.2) is 18.4 Å². The summed E-state index contributed by atoms with van der Waals surface area (Å²) in [6.07, 6.45) is 2.48. The van der Waals surface area contributed by atoms with E-state index in [2.05, 4.69) is 17.6 Å². The molecule has 4 heteroatoms. The predicted octanol–water partition coefficient (Wildman–Crippen LogP) is 2.32. The van der Waals surface area contributed by atoms with Gasteiger partial charge in [0.25, 0.3) is 0 Å². The van der Waals surface area contributed by atoms with E-state index in [1.807, 2.05) is 30.3 Å². The largest absolute Gasteiger partial charge is 0.356 e. The molecule has 0 aliphatic rings. The number of hydrogen-bond acceptors (Lipinski definition) is 2. The molecule has 0 aliphatic heterocycles. The number of amides is 2. The van der Waals surface area contributed by atoms with Crippen molar-refractivity contribution in [3.63, 3.8) is 0 Å². The SMILES string of the molecule is CCCCNC(=O)CCC(=O)Nc1ccccc1. The van der Waals surface area contributed by atoms with Gasteiger partial charge in [-0.25, -0.2) is 0 Å². The van der Waals surface area contributed by atoms with E-state index >= 15 is 0 Å². The summed E-state index contributed by atoms with van der Waals surface area (Å²) in [5.41, 5.74) is 0.758. The molecule has 2 amide bonds. The van der Waals surface area contributed by atoms with Gasteiger partial charge in [-0.05, 0) is 18.6 Å². The van der Waals surface area contributed by atoms with Crippen LogP contribution in [0.2, 0.25) is 0 Å². The molecular weight excluding hydrogens is 228 g/mol. The lowest BCUT2D eigenvalue weighted by Gasteiger charge is -2.05. The third-order valence-electron chi connectivity index (χ3n) is 2.49. The summed E-state index contributed by atoms with van der Waals surface area (Å²) in [4.78, 5) is 22.9. The van der Waals surface area contributed by atoms with E-state index in [0.717, 1.165) is 18.5 Å². The van der Waals surface area contributed by atoms with Crippen molar-refractivity contribution in [2.75, 3.05) is 11.9 Å². The molecule has 2 N–H and O–H groups in total. The molecule has 18 heavy (non-hydrogen) atoms. The van der Waals surface area contributed by atoms with Crippen molar-refractivity contribution >= 4 is 17.5 Å². The maximum Gasteiger partial charge on any atom is 0.224 e. The second-order valence-corrected chi connectivity index (χ2v) is 4.12. The zero-order valence-corrected chi connectivity index (χ0v) is 10.7. The molecule has 1 aromatic carbocycles. The molecule has 0 saturated carbocycles. The molecule has 0 heterocycles. The number of hydrogen-bond donors (Lipinski definition) is 2. The van der Waals surface area contributed by atoms with Crippen molar-refractivity contribution in [3.05, 3.63) is 30.3 Å². The fourth-order valence-electron chi connectivity index (χ4n) is 1.47. The highest BCUT2D eigenvalue weighted by Gasteiger charge is 2.06. The van der Waals surface area contributed by atoms with Gasteiger partial charge in [0.05, 0.1) is 0 Å². The van der Waals surface area contributed by atoms with Gasteiger partial charge in [0.2, 0.25) is 11.8 Å². The Morgan fingerprint density at radius 3 is 2.39 bits per heavy atom. The molecule has 0 aromatic heterocycles. The molecule has 0 atom stereocenters. The Hall–Kier alpha value is -1.84. The zero-order valence-electron chi connectivity index (χ0n) is 10.7. The van der Waals surface area contributed by atoms with Gasteiger partial charge in [-0.3, -0.25) is 9.59 Å². The number of anilines is 1. The van der Waals surface area contributed by atoms with Crippen molar-refractivity contribution in [2.24, 2.45) is 0 Å². The van der Waals surface area contributed by atoms with Crippen LogP contribution in [0.5, 0.6) is 0 Å². The molecule has 0 spiro atoms. The molecule has 0 bridgehead atoms. The molecule has 1 rings (SSSR count). The number of para-hydroxylation sites is 1. The monoisotopic (exact) mass is 248 g/mol. The number of carbonyl (C=O) groups is 2. The van der Waals surface area contributed by atoms with Crippen LogP contribution in [0.15, 0.2) is 30.3 Å². The lowest BCUT2D eigenvalue weighted by Crippen LogP contribution is -2.25. The molecule has 0 radical (unpaired) electrons. The maximum atomic E-state index is 11.6. The number of benzene rings is 1. The van der Waals surface area contributed by atoms with Crippen LogP contribution in [0.3, 0.4) is 0 Å². The Kier molecular flexibility index (Phi) is 6.54. The number of carbonyl (C=O) groups excluding carboxylic acids is 2. The van der Waals surface area contributed by atoms with Crippen LogP contribution < -0.4 is 10.6 Å². The topological polar surface area (TPSA) is 58.2 Å². The van der Waals surface area contributed by atoms with Crippen molar-refractivity contribution in [2.45, 2.75) is 32.6 Å². The van der Waals surface area contributed by atoms with E-state index in [1.165, 1.54) is 0 Å². The van der Waals surface area contributed by atoms with E-state index < -0.39 is 0 Å². The minimum atomic E-state index is -0.133. The molecule has 0 fully saturated rings. The van der Waals surface area contributed by atoms with E-state index in [1.54, 1.807) is 0 Å². The van der Waals surface area contributed by atoms with Gasteiger partial charge in [0.1, 0.15) is 0 Å². The van der Waals surface area contributed by atoms with Crippen LogP contribution in [0.1, 0.15) is 32.6 Å². The minimum absolute atomic E-state index is 0.0633. The highest BCUT2D eigenvalue weighted by molar-refractivity contribution is 5.93. The summed E-state index contributed by atoms with van der Waals surface area (Å²) in [6, 6.07) is 9.23. The number of nitrogens with one attached hydrogen (secondary N) is 2. The smallest absolute Gasteiger partial charge is 0.224 e. The van der Waals surface area contributed by atoms with Gasteiger partial charge < -0.3 is 10.6 Å².